The van der Waals surface area contributed by atoms with E-state index in [4.69, 9.17) is 11.6 Å². The first-order valence-electron chi connectivity index (χ1n) is 7.46. The number of benzene rings is 1. The molecular weight excluding hydrogens is 393 g/mol. The summed E-state index contributed by atoms with van der Waals surface area (Å²) < 4.78 is 76.9. The predicted molar refractivity (Wildman–Crippen MR) is 86.2 cm³/mol. The van der Waals surface area contributed by atoms with Crippen LogP contribution in [0, 0.1) is 0 Å². The van der Waals surface area contributed by atoms with Crippen molar-refractivity contribution in [2.45, 2.75) is 31.2 Å². The molecule has 0 aliphatic carbocycles. The van der Waals surface area contributed by atoms with E-state index >= 15 is 0 Å². The van der Waals surface area contributed by atoms with E-state index in [1.165, 1.54) is 6.07 Å². The molecule has 0 bridgehead atoms. The number of hydrogen-bond donors (Lipinski definition) is 1. The van der Waals surface area contributed by atoms with E-state index in [0.29, 0.717) is 26.2 Å². The lowest BCUT2D eigenvalue weighted by atomic mass is 9.97. The van der Waals surface area contributed by atoms with Crippen LogP contribution >= 0.6 is 24.0 Å². The Balaban J connectivity index is 0.00000312. The van der Waals surface area contributed by atoms with Gasteiger partial charge >= 0.3 is 12.4 Å². The minimum atomic E-state index is -4.65. The number of alkyl halides is 6. The van der Waals surface area contributed by atoms with Gasteiger partial charge in [-0.05, 0) is 24.1 Å². The first-order valence-corrected chi connectivity index (χ1v) is 7.84. The second kappa shape index (κ2) is 8.79. The van der Waals surface area contributed by atoms with Crippen molar-refractivity contribution in [3.05, 3.63) is 34.3 Å². The lowest BCUT2D eigenvalue weighted by Gasteiger charge is -2.35. The first-order chi connectivity index (χ1) is 11.1. The van der Waals surface area contributed by atoms with E-state index in [-0.39, 0.29) is 24.4 Å². The summed E-state index contributed by atoms with van der Waals surface area (Å²) >= 11 is 5.60. The molecule has 2 rings (SSSR count). The van der Waals surface area contributed by atoms with Crippen LogP contribution in [0.5, 0.6) is 0 Å². The number of rotatable bonds is 4. The highest BCUT2D eigenvalue weighted by atomic mass is 35.5. The summed E-state index contributed by atoms with van der Waals surface area (Å²) in [5.74, 6) is 0. The molecule has 0 saturated carbocycles. The highest BCUT2D eigenvalue weighted by molar-refractivity contribution is 6.31. The van der Waals surface area contributed by atoms with Gasteiger partial charge in [-0.2, -0.15) is 26.3 Å². The lowest BCUT2D eigenvalue weighted by Crippen LogP contribution is -2.45. The highest BCUT2D eigenvalue weighted by Gasteiger charge is 2.36. The van der Waals surface area contributed by atoms with E-state index in [0.717, 1.165) is 12.1 Å². The van der Waals surface area contributed by atoms with Gasteiger partial charge in [0.15, 0.2) is 0 Å². The molecule has 1 aliphatic heterocycles. The monoisotopic (exact) mass is 410 g/mol. The van der Waals surface area contributed by atoms with E-state index in [9.17, 15) is 26.3 Å². The fraction of sp³-hybridized carbons (Fsp3) is 0.600. The summed E-state index contributed by atoms with van der Waals surface area (Å²) in [6, 6.07) is 2.61. The van der Waals surface area contributed by atoms with Crippen LogP contribution in [-0.4, -0.2) is 37.3 Å². The maximum absolute atomic E-state index is 13.0. The molecule has 1 aliphatic rings. The largest absolute Gasteiger partial charge is 0.417 e. The van der Waals surface area contributed by atoms with Crippen molar-refractivity contribution >= 4 is 24.0 Å². The summed E-state index contributed by atoms with van der Waals surface area (Å²) in [5, 5.41) is 2.62. The summed E-state index contributed by atoms with van der Waals surface area (Å²) in [6.07, 6.45) is -10.3. The third-order valence-corrected chi connectivity index (χ3v) is 4.30. The Bertz CT molecular complexity index is 556. The summed E-state index contributed by atoms with van der Waals surface area (Å²) in [4.78, 5) is 1.78. The average Bonchev–Trinajstić information content (AvgIpc) is 2.47. The molecule has 1 heterocycles. The third kappa shape index (κ3) is 6.51. The van der Waals surface area contributed by atoms with Crippen LogP contribution in [0.25, 0.3) is 0 Å². The predicted octanol–water partition coefficient (Wildman–Crippen LogP) is 5.07. The van der Waals surface area contributed by atoms with Crippen molar-refractivity contribution in [1.29, 1.82) is 0 Å². The van der Waals surface area contributed by atoms with Crippen LogP contribution in [0.2, 0.25) is 5.02 Å². The minimum absolute atomic E-state index is 0. The smallest absolute Gasteiger partial charge is 0.314 e. The van der Waals surface area contributed by atoms with E-state index < -0.39 is 35.4 Å². The zero-order valence-electron chi connectivity index (χ0n) is 13.1. The maximum atomic E-state index is 13.0. The number of nitrogens with zero attached hydrogens (tertiary/aromatic N) is 1. The van der Waals surface area contributed by atoms with Crippen LogP contribution < -0.4 is 5.32 Å². The average molecular weight is 411 g/mol. The Labute approximate surface area is 152 Å². The Morgan fingerprint density at radius 1 is 1.08 bits per heavy atom. The Morgan fingerprint density at radius 2 is 1.68 bits per heavy atom. The topological polar surface area (TPSA) is 15.3 Å². The quantitative estimate of drug-likeness (QED) is 0.697. The molecule has 10 heteroatoms. The maximum Gasteiger partial charge on any atom is 0.417 e. The van der Waals surface area contributed by atoms with Gasteiger partial charge in [0.05, 0.1) is 10.6 Å². The molecule has 0 unspecified atom stereocenters. The molecule has 2 nitrogen and oxygen atoms in total. The number of halogens is 8. The molecule has 1 aromatic carbocycles. The van der Waals surface area contributed by atoms with Gasteiger partial charge in [-0.25, -0.2) is 0 Å². The van der Waals surface area contributed by atoms with Gasteiger partial charge in [0.2, 0.25) is 0 Å². The van der Waals surface area contributed by atoms with Crippen LogP contribution in [-0.2, 0) is 6.18 Å². The van der Waals surface area contributed by atoms with Gasteiger partial charge in [-0.15, -0.1) is 12.4 Å². The van der Waals surface area contributed by atoms with Crippen molar-refractivity contribution < 1.29 is 26.3 Å². The van der Waals surface area contributed by atoms with Gasteiger partial charge in [0.25, 0.3) is 0 Å². The molecule has 0 amide bonds. The van der Waals surface area contributed by atoms with Gasteiger partial charge < -0.3 is 5.32 Å². The van der Waals surface area contributed by atoms with Crippen LogP contribution in [0.3, 0.4) is 0 Å². The van der Waals surface area contributed by atoms with Gasteiger partial charge in [0.1, 0.15) is 0 Å². The van der Waals surface area contributed by atoms with Crippen molar-refractivity contribution in [2.24, 2.45) is 0 Å². The minimum Gasteiger partial charge on any atom is -0.314 e. The second-order valence-corrected chi connectivity index (χ2v) is 6.10. The van der Waals surface area contributed by atoms with Crippen LogP contribution in [0.4, 0.5) is 26.3 Å². The van der Waals surface area contributed by atoms with Gasteiger partial charge in [-0.3, -0.25) is 4.90 Å². The molecule has 0 spiro atoms. The van der Waals surface area contributed by atoms with Crippen LogP contribution in [0.15, 0.2) is 18.2 Å². The highest BCUT2D eigenvalue weighted by Crippen LogP contribution is 2.38. The zero-order valence-corrected chi connectivity index (χ0v) is 14.6. The first kappa shape index (κ1) is 22.3. The summed E-state index contributed by atoms with van der Waals surface area (Å²) in [7, 11) is 0. The SMILES string of the molecule is Cl.FC(F)(F)CC[C@@H](c1ccc(Cl)c(C(F)(F)F)c1)N1CCNCC1. The lowest BCUT2D eigenvalue weighted by molar-refractivity contribution is -0.140. The Kier molecular flexibility index (Phi) is 7.86. The Morgan fingerprint density at radius 3 is 2.20 bits per heavy atom. The molecule has 0 aromatic heterocycles. The normalized spacial score (nSPS) is 17.9. The molecule has 0 radical (unpaired) electrons. The molecule has 25 heavy (non-hydrogen) atoms. The standard InChI is InChI=1S/C15H17ClF6N2.ClH/c16-12-2-1-10(9-11(12)15(20,21)22)13(3-4-14(17,18)19)24-7-5-23-6-8-24;/h1-2,9,13,23H,3-8H2;1H/t13-;/m0./s1. The van der Waals surface area contributed by atoms with E-state index in [1.807, 2.05) is 0 Å². The van der Waals surface area contributed by atoms with Crippen molar-refractivity contribution in [3.63, 3.8) is 0 Å². The fourth-order valence-electron chi connectivity index (χ4n) is 2.82. The second-order valence-electron chi connectivity index (χ2n) is 5.69. The molecule has 1 saturated heterocycles. The molecule has 1 atom stereocenters. The molecule has 1 N–H and O–H groups in total. The number of nitrogens with one attached hydrogen (secondary N) is 1. The third-order valence-electron chi connectivity index (χ3n) is 3.97. The van der Waals surface area contributed by atoms with Crippen LogP contribution in [0.1, 0.15) is 30.0 Å². The van der Waals surface area contributed by atoms with Crippen molar-refractivity contribution in [3.8, 4) is 0 Å². The van der Waals surface area contributed by atoms with Gasteiger partial charge in [0, 0.05) is 38.6 Å². The summed E-state index contributed by atoms with van der Waals surface area (Å²) in [6.45, 7) is 2.13. The molecule has 144 valence electrons. The van der Waals surface area contributed by atoms with E-state index in [2.05, 4.69) is 5.32 Å². The number of piperazine rings is 1. The molecule has 1 aromatic rings. The molecule has 1 fully saturated rings. The Hall–Kier alpha value is -0.700. The fourth-order valence-corrected chi connectivity index (χ4v) is 3.05. The number of hydrogen-bond acceptors (Lipinski definition) is 2. The van der Waals surface area contributed by atoms with E-state index in [1.54, 1.807) is 4.90 Å². The summed E-state index contributed by atoms with van der Waals surface area (Å²) in [5.41, 5.74) is -0.813. The van der Waals surface area contributed by atoms with Crippen molar-refractivity contribution in [1.82, 2.24) is 10.2 Å². The zero-order chi connectivity index (χ0) is 18.0. The van der Waals surface area contributed by atoms with Gasteiger partial charge in [-0.1, -0.05) is 17.7 Å². The molecular formula is C15H18Cl2F6N2. The van der Waals surface area contributed by atoms with Crippen molar-refractivity contribution in [2.75, 3.05) is 26.2 Å².